The summed E-state index contributed by atoms with van der Waals surface area (Å²) in [6, 6.07) is 12.4. The van der Waals surface area contributed by atoms with Crippen LogP contribution in [0.1, 0.15) is 17.3 Å². The molecule has 2 aromatic carbocycles. The molecule has 0 N–H and O–H groups in total. The molecule has 0 amide bonds. The maximum atomic E-state index is 12.3. The number of nitrogens with zero attached hydrogens (tertiary/aromatic N) is 3. The first kappa shape index (κ1) is 16.2. The summed E-state index contributed by atoms with van der Waals surface area (Å²) in [5, 5.41) is 18.2. The Hall–Kier alpha value is -3.22. The van der Waals surface area contributed by atoms with Crippen molar-refractivity contribution in [1.29, 1.82) is 0 Å². The predicted molar refractivity (Wildman–Crippen MR) is 82.9 cm³/mol. The van der Waals surface area contributed by atoms with Gasteiger partial charge >= 0.3 is 0 Å². The standard InChI is InChI=1S/C16H13N3O4/c1-11(20)15(16(21)12-5-3-2-4-6-12)18-17-13-7-9-14(10-8-13)19(22)23/h2-10,15H,1H3. The number of carbonyl (C=O) groups is 2. The highest BCUT2D eigenvalue weighted by atomic mass is 16.6. The fourth-order valence-electron chi connectivity index (χ4n) is 1.84. The van der Waals surface area contributed by atoms with Gasteiger partial charge in [0.05, 0.1) is 10.6 Å². The summed E-state index contributed by atoms with van der Waals surface area (Å²) < 4.78 is 0. The molecular weight excluding hydrogens is 298 g/mol. The van der Waals surface area contributed by atoms with E-state index in [1.165, 1.54) is 31.2 Å². The molecule has 1 atom stereocenters. The Labute approximate surface area is 131 Å². The van der Waals surface area contributed by atoms with E-state index in [1.54, 1.807) is 30.3 Å². The lowest BCUT2D eigenvalue weighted by atomic mass is 10.0. The molecule has 2 aromatic rings. The van der Waals surface area contributed by atoms with Gasteiger partial charge < -0.3 is 0 Å². The van der Waals surface area contributed by atoms with Gasteiger partial charge in [0.15, 0.2) is 17.6 Å². The van der Waals surface area contributed by atoms with Gasteiger partial charge in [0, 0.05) is 17.7 Å². The predicted octanol–water partition coefficient (Wildman–Crippen LogP) is 3.52. The maximum absolute atomic E-state index is 12.3. The third-order valence-corrected chi connectivity index (χ3v) is 3.04. The zero-order valence-corrected chi connectivity index (χ0v) is 12.2. The van der Waals surface area contributed by atoms with Crippen molar-refractivity contribution < 1.29 is 14.5 Å². The molecule has 7 heteroatoms. The Kier molecular flexibility index (Phi) is 5.03. The van der Waals surface area contributed by atoms with Gasteiger partial charge in [-0.2, -0.15) is 10.2 Å². The van der Waals surface area contributed by atoms with E-state index in [2.05, 4.69) is 10.2 Å². The SMILES string of the molecule is CC(=O)C(N=Nc1ccc([N+](=O)[O-])cc1)C(=O)c1ccccc1. The van der Waals surface area contributed by atoms with E-state index in [9.17, 15) is 19.7 Å². The lowest BCUT2D eigenvalue weighted by Crippen LogP contribution is -2.26. The van der Waals surface area contributed by atoms with Crippen molar-refractivity contribution in [2.45, 2.75) is 13.0 Å². The van der Waals surface area contributed by atoms with Crippen molar-refractivity contribution in [2.75, 3.05) is 0 Å². The topological polar surface area (TPSA) is 102 Å². The Morgan fingerprint density at radius 3 is 2.17 bits per heavy atom. The van der Waals surface area contributed by atoms with Crippen LogP contribution in [0.15, 0.2) is 64.8 Å². The average Bonchev–Trinajstić information content (AvgIpc) is 2.55. The van der Waals surface area contributed by atoms with Gasteiger partial charge in [-0.1, -0.05) is 30.3 Å². The number of Topliss-reactive ketones (excluding diaryl/α,β-unsaturated/α-hetero) is 2. The smallest absolute Gasteiger partial charge is 0.269 e. The van der Waals surface area contributed by atoms with Crippen LogP contribution in [0.5, 0.6) is 0 Å². The summed E-state index contributed by atoms with van der Waals surface area (Å²) >= 11 is 0. The zero-order chi connectivity index (χ0) is 16.8. The molecule has 0 bridgehead atoms. The quantitative estimate of drug-likeness (QED) is 0.268. The summed E-state index contributed by atoms with van der Waals surface area (Å²) in [6.07, 6.45) is 0. The fourth-order valence-corrected chi connectivity index (χ4v) is 1.84. The zero-order valence-electron chi connectivity index (χ0n) is 12.2. The first-order chi connectivity index (χ1) is 11.0. The van der Waals surface area contributed by atoms with Crippen LogP contribution in [0.3, 0.4) is 0 Å². The van der Waals surface area contributed by atoms with E-state index in [0.717, 1.165) is 0 Å². The maximum Gasteiger partial charge on any atom is 0.269 e. The number of benzene rings is 2. The second kappa shape index (κ2) is 7.17. The lowest BCUT2D eigenvalue weighted by molar-refractivity contribution is -0.384. The largest absolute Gasteiger partial charge is 0.297 e. The van der Waals surface area contributed by atoms with Crippen LogP contribution in [0.25, 0.3) is 0 Å². The van der Waals surface area contributed by atoms with E-state index >= 15 is 0 Å². The number of azo groups is 1. The number of rotatable bonds is 6. The molecule has 0 saturated carbocycles. The molecule has 2 rings (SSSR count). The van der Waals surface area contributed by atoms with Crippen LogP contribution < -0.4 is 0 Å². The number of non-ortho nitro benzene ring substituents is 1. The minimum Gasteiger partial charge on any atom is -0.297 e. The molecular formula is C16H13N3O4. The van der Waals surface area contributed by atoms with E-state index in [0.29, 0.717) is 11.3 Å². The molecule has 7 nitrogen and oxygen atoms in total. The van der Waals surface area contributed by atoms with E-state index in [4.69, 9.17) is 0 Å². The van der Waals surface area contributed by atoms with Gasteiger partial charge in [-0.3, -0.25) is 19.7 Å². The molecule has 0 radical (unpaired) electrons. The molecule has 0 aromatic heterocycles. The minimum atomic E-state index is -1.23. The highest BCUT2D eigenvalue weighted by molar-refractivity contribution is 6.13. The molecule has 0 saturated heterocycles. The van der Waals surface area contributed by atoms with Gasteiger partial charge in [0.2, 0.25) is 0 Å². The van der Waals surface area contributed by atoms with Crippen molar-refractivity contribution >= 4 is 22.9 Å². The molecule has 0 fully saturated rings. The van der Waals surface area contributed by atoms with Crippen LogP contribution in [-0.2, 0) is 4.79 Å². The summed E-state index contributed by atoms with van der Waals surface area (Å²) in [5.41, 5.74) is 0.616. The summed E-state index contributed by atoms with van der Waals surface area (Å²) in [6.45, 7) is 1.26. The number of hydrogen-bond donors (Lipinski definition) is 0. The Morgan fingerprint density at radius 1 is 1.04 bits per heavy atom. The van der Waals surface area contributed by atoms with E-state index in [1.807, 2.05) is 0 Å². The van der Waals surface area contributed by atoms with Gasteiger partial charge in [0.25, 0.3) is 5.69 Å². The summed E-state index contributed by atoms with van der Waals surface area (Å²) in [5.74, 6) is -0.867. The third-order valence-electron chi connectivity index (χ3n) is 3.04. The van der Waals surface area contributed by atoms with Crippen molar-refractivity contribution in [3.63, 3.8) is 0 Å². The first-order valence-electron chi connectivity index (χ1n) is 6.74. The van der Waals surface area contributed by atoms with E-state index in [-0.39, 0.29) is 5.69 Å². The Bertz CT molecular complexity index is 755. The second-order valence-electron chi connectivity index (χ2n) is 4.73. The number of nitro groups is 1. The molecule has 0 aliphatic carbocycles. The van der Waals surface area contributed by atoms with Crippen molar-refractivity contribution in [3.05, 3.63) is 70.3 Å². The Morgan fingerprint density at radius 2 is 1.65 bits per heavy atom. The number of carbonyl (C=O) groups excluding carboxylic acids is 2. The van der Waals surface area contributed by atoms with Crippen LogP contribution in [0.2, 0.25) is 0 Å². The van der Waals surface area contributed by atoms with Crippen LogP contribution in [0.4, 0.5) is 11.4 Å². The molecule has 0 aliphatic rings. The van der Waals surface area contributed by atoms with Gasteiger partial charge in [0.1, 0.15) is 0 Å². The van der Waals surface area contributed by atoms with Gasteiger partial charge in [-0.05, 0) is 19.1 Å². The van der Waals surface area contributed by atoms with Crippen LogP contribution in [0, 0.1) is 10.1 Å². The fraction of sp³-hybridized carbons (Fsp3) is 0.125. The second-order valence-corrected chi connectivity index (χ2v) is 4.73. The molecule has 0 aliphatic heterocycles. The summed E-state index contributed by atoms with van der Waals surface area (Å²) in [7, 11) is 0. The minimum absolute atomic E-state index is 0.0765. The van der Waals surface area contributed by atoms with Crippen molar-refractivity contribution in [2.24, 2.45) is 10.2 Å². The molecule has 1 unspecified atom stereocenters. The van der Waals surface area contributed by atoms with Gasteiger partial charge in [-0.15, -0.1) is 0 Å². The third kappa shape index (κ3) is 4.13. The number of hydrogen-bond acceptors (Lipinski definition) is 6. The first-order valence-corrected chi connectivity index (χ1v) is 6.74. The number of nitro benzene ring substituents is 1. The highest BCUT2D eigenvalue weighted by Crippen LogP contribution is 2.19. The Balaban J connectivity index is 2.20. The van der Waals surface area contributed by atoms with Crippen molar-refractivity contribution in [3.8, 4) is 0 Å². The van der Waals surface area contributed by atoms with Crippen LogP contribution >= 0.6 is 0 Å². The highest BCUT2D eigenvalue weighted by Gasteiger charge is 2.24. The molecule has 0 heterocycles. The summed E-state index contributed by atoms with van der Waals surface area (Å²) in [4.78, 5) is 34.0. The van der Waals surface area contributed by atoms with E-state index < -0.39 is 22.5 Å². The van der Waals surface area contributed by atoms with Crippen molar-refractivity contribution in [1.82, 2.24) is 0 Å². The molecule has 116 valence electrons. The lowest BCUT2D eigenvalue weighted by Gasteiger charge is -2.06. The normalized spacial score (nSPS) is 12.0. The van der Waals surface area contributed by atoms with Gasteiger partial charge in [-0.25, -0.2) is 0 Å². The van der Waals surface area contributed by atoms with Crippen LogP contribution in [-0.4, -0.2) is 22.5 Å². The average molecular weight is 311 g/mol. The monoisotopic (exact) mass is 311 g/mol. The molecule has 0 spiro atoms. The molecule has 23 heavy (non-hydrogen) atoms. The number of ketones is 2.